The Morgan fingerprint density at radius 1 is 1.03 bits per heavy atom. The molecule has 0 fully saturated rings. The Bertz CT molecular complexity index is 688. The van der Waals surface area contributed by atoms with E-state index in [0.29, 0.717) is 6.54 Å². The van der Waals surface area contributed by atoms with E-state index in [1.807, 2.05) is 68.3 Å². The van der Waals surface area contributed by atoms with E-state index < -0.39 is 0 Å². The second-order valence-corrected chi connectivity index (χ2v) is 6.95. The summed E-state index contributed by atoms with van der Waals surface area (Å²) in [5, 5.41) is 3.22. The highest BCUT2D eigenvalue weighted by molar-refractivity contribution is 5.81. The molecule has 2 aromatic rings. The molecular formula is C25H42N4O. The van der Waals surface area contributed by atoms with Crippen molar-refractivity contribution in [3.05, 3.63) is 65.7 Å². The maximum atomic E-state index is 12.8. The first-order valence-electron chi connectivity index (χ1n) is 10.6. The minimum atomic E-state index is 0. The minimum absolute atomic E-state index is 0. The summed E-state index contributed by atoms with van der Waals surface area (Å²) in [5.74, 6) is 0.0663. The van der Waals surface area contributed by atoms with Crippen LogP contribution in [-0.2, 0) is 11.3 Å². The molecular weight excluding hydrogens is 372 g/mol. The van der Waals surface area contributed by atoms with Crippen molar-refractivity contribution in [2.75, 3.05) is 39.0 Å². The Labute approximate surface area is 184 Å². The quantitative estimate of drug-likeness (QED) is 0.588. The first kappa shape index (κ1) is 27.6. The van der Waals surface area contributed by atoms with E-state index in [4.69, 9.17) is 5.73 Å². The third kappa shape index (κ3) is 8.97. The second-order valence-electron chi connectivity index (χ2n) is 6.95. The van der Waals surface area contributed by atoms with Gasteiger partial charge in [0.25, 0.3) is 0 Å². The summed E-state index contributed by atoms with van der Waals surface area (Å²) < 4.78 is 0. The lowest BCUT2D eigenvalue weighted by Crippen LogP contribution is -2.40. The van der Waals surface area contributed by atoms with Gasteiger partial charge in [-0.3, -0.25) is 4.79 Å². The van der Waals surface area contributed by atoms with E-state index >= 15 is 0 Å². The van der Waals surface area contributed by atoms with Gasteiger partial charge in [-0.15, -0.1) is 0 Å². The van der Waals surface area contributed by atoms with Crippen molar-refractivity contribution in [2.45, 2.75) is 47.2 Å². The average molecular weight is 415 g/mol. The fraction of sp³-hybridized carbons (Fsp3) is 0.480. The van der Waals surface area contributed by atoms with Crippen molar-refractivity contribution in [2.24, 2.45) is 5.73 Å². The van der Waals surface area contributed by atoms with Gasteiger partial charge in [0.15, 0.2) is 0 Å². The number of hydrogen-bond donors (Lipinski definition) is 2. The van der Waals surface area contributed by atoms with E-state index in [-0.39, 0.29) is 25.9 Å². The number of amides is 1. The Kier molecular flexibility index (Phi) is 14.2. The Balaban J connectivity index is 0.00000272. The molecule has 0 aliphatic heterocycles. The fourth-order valence-corrected chi connectivity index (χ4v) is 3.13. The number of nitrogens with zero attached hydrogens (tertiary/aromatic N) is 2. The number of carbonyl (C=O) groups excluding carboxylic acids is 1. The summed E-state index contributed by atoms with van der Waals surface area (Å²) in [6, 6.07) is 18.1. The SMILES string of the molecule is C.CC.CCCN(C)CC(c1ccccc1)N(C)C(=O)CNc1ccc(CN)cc1. The molecule has 30 heavy (non-hydrogen) atoms. The zero-order valence-corrected chi connectivity index (χ0v) is 18.7. The van der Waals surface area contributed by atoms with Crippen molar-refractivity contribution < 1.29 is 4.79 Å². The van der Waals surface area contributed by atoms with Gasteiger partial charge in [0.1, 0.15) is 0 Å². The molecule has 0 spiro atoms. The normalized spacial score (nSPS) is 11.0. The predicted octanol–water partition coefficient (Wildman–Crippen LogP) is 4.76. The Morgan fingerprint density at radius 2 is 1.63 bits per heavy atom. The molecule has 2 aromatic carbocycles. The van der Waals surface area contributed by atoms with Crippen molar-refractivity contribution in [3.63, 3.8) is 0 Å². The topological polar surface area (TPSA) is 61.6 Å². The second kappa shape index (κ2) is 15.5. The molecule has 1 unspecified atom stereocenters. The largest absolute Gasteiger partial charge is 0.376 e. The van der Waals surface area contributed by atoms with Gasteiger partial charge in [0.2, 0.25) is 5.91 Å². The number of nitrogens with two attached hydrogens (primary N) is 1. The van der Waals surface area contributed by atoms with Crippen molar-refractivity contribution >= 4 is 11.6 Å². The lowest BCUT2D eigenvalue weighted by Gasteiger charge is -2.32. The molecule has 0 aromatic heterocycles. The summed E-state index contributed by atoms with van der Waals surface area (Å²) in [4.78, 5) is 16.9. The predicted molar refractivity (Wildman–Crippen MR) is 131 cm³/mol. The van der Waals surface area contributed by atoms with Gasteiger partial charge in [0, 0.05) is 25.8 Å². The number of hydrogen-bond acceptors (Lipinski definition) is 4. The van der Waals surface area contributed by atoms with Gasteiger partial charge in [-0.05, 0) is 43.3 Å². The molecule has 0 bridgehead atoms. The molecule has 0 aliphatic rings. The van der Waals surface area contributed by atoms with Crippen LogP contribution in [0, 0.1) is 0 Å². The third-order valence-electron chi connectivity index (χ3n) is 4.77. The number of nitrogens with one attached hydrogen (secondary N) is 1. The van der Waals surface area contributed by atoms with Crippen molar-refractivity contribution in [1.29, 1.82) is 0 Å². The number of rotatable bonds is 10. The summed E-state index contributed by atoms with van der Waals surface area (Å²) >= 11 is 0. The smallest absolute Gasteiger partial charge is 0.242 e. The number of likely N-dealkylation sites (N-methyl/N-ethyl adjacent to an activating group) is 2. The van der Waals surface area contributed by atoms with E-state index in [2.05, 4.69) is 36.3 Å². The molecule has 5 nitrogen and oxygen atoms in total. The zero-order chi connectivity index (χ0) is 21.6. The molecule has 168 valence electrons. The number of anilines is 1. The molecule has 5 heteroatoms. The van der Waals surface area contributed by atoms with E-state index in [1.54, 1.807) is 0 Å². The van der Waals surface area contributed by atoms with E-state index in [9.17, 15) is 4.79 Å². The lowest BCUT2D eigenvalue weighted by atomic mass is 10.0. The van der Waals surface area contributed by atoms with Crippen LogP contribution in [0.4, 0.5) is 5.69 Å². The summed E-state index contributed by atoms with van der Waals surface area (Å²) in [5.41, 5.74) is 8.78. The lowest BCUT2D eigenvalue weighted by molar-refractivity contribution is -0.130. The van der Waals surface area contributed by atoms with Gasteiger partial charge in [-0.1, -0.05) is 70.7 Å². The van der Waals surface area contributed by atoms with Crippen LogP contribution in [0.2, 0.25) is 0 Å². The zero-order valence-electron chi connectivity index (χ0n) is 18.7. The van der Waals surface area contributed by atoms with E-state index in [1.165, 1.54) is 0 Å². The first-order valence-corrected chi connectivity index (χ1v) is 10.6. The van der Waals surface area contributed by atoms with Crippen LogP contribution in [0.1, 0.15) is 51.8 Å². The van der Waals surface area contributed by atoms with Gasteiger partial charge in [-0.25, -0.2) is 0 Å². The average Bonchev–Trinajstić information content (AvgIpc) is 2.78. The highest BCUT2D eigenvalue weighted by Gasteiger charge is 2.22. The van der Waals surface area contributed by atoms with Gasteiger partial charge in [0.05, 0.1) is 12.6 Å². The molecule has 3 N–H and O–H groups in total. The molecule has 1 amide bonds. The summed E-state index contributed by atoms with van der Waals surface area (Å²) in [6.45, 7) is 8.77. The van der Waals surface area contributed by atoms with Gasteiger partial charge in [-0.2, -0.15) is 0 Å². The number of benzene rings is 2. The number of carbonyl (C=O) groups is 1. The highest BCUT2D eigenvalue weighted by atomic mass is 16.2. The van der Waals surface area contributed by atoms with Crippen LogP contribution in [0.15, 0.2) is 54.6 Å². The summed E-state index contributed by atoms with van der Waals surface area (Å²) in [6.07, 6.45) is 1.09. The standard InChI is InChI=1S/C22H32N4O.C2H6.CH4/c1-4-14-25(2)17-21(19-8-6-5-7-9-19)26(3)22(27)16-24-20-12-10-18(15-23)11-13-20;1-2;/h5-13,21,24H,4,14-17,23H2,1-3H3;1-2H3;1H4. The van der Waals surface area contributed by atoms with Crippen molar-refractivity contribution in [3.8, 4) is 0 Å². The van der Waals surface area contributed by atoms with Gasteiger partial charge >= 0.3 is 0 Å². The third-order valence-corrected chi connectivity index (χ3v) is 4.77. The van der Waals surface area contributed by atoms with Crippen LogP contribution < -0.4 is 11.1 Å². The van der Waals surface area contributed by atoms with E-state index in [0.717, 1.165) is 36.3 Å². The summed E-state index contributed by atoms with van der Waals surface area (Å²) in [7, 11) is 3.99. The molecule has 0 heterocycles. The Hall–Kier alpha value is -2.37. The molecule has 2 rings (SSSR count). The van der Waals surface area contributed by atoms with Crippen LogP contribution >= 0.6 is 0 Å². The molecule has 0 aliphatic carbocycles. The molecule has 0 saturated heterocycles. The maximum absolute atomic E-state index is 12.8. The van der Waals surface area contributed by atoms with Crippen LogP contribution in [0.25, 0.3) is 0 Å². The maximum Gasteiger partial charge on any atom is 0.242 e. The van der Waals surface area contributed by atoms with Gasteiger partial charge < -0.3 is 20.9 Å². The monoisotopic (exact) mass is 414 g/mol. The Morgan fingerprint density at radius 3 is 2.17 bits per heavy atom. The molecule has 0 radical (unpaired) electrons. The minimum Gasteiger partial charge on any atom is -0.376 e. The first-order chi connectivity index (χ1) is 14.0. The van der Waals surface area contributed by atoms with Crippen LogP contribution in [0.3, 0.4) is 0 Å². The fourth-order valence-electron chi connectivity index (χ4n) is 3.13. The molecule has 1 atom stereocenters. The highest BCUT2D eigenvalue weighted by Crippen LogP contribution is 2.21. The molecule has 0 saturated carbocycles. The van der Waals surface area contributed by atoms with Crippen LogP contribution in [0.5, 0.6) is 0 Å². The van der Waals surface area contributed by atoms with Crippen molar-refractivity contribution in [1.82, 2.24) is 9.80 Å². The van der Waals surface area contributed by atoms with Crippen LogP contribution in [-0.4, -0.2) is 49.4 Å².